The number of hydrogen-bond donors (Lipinski definition) is 0. The lowest BCUT2D eigenvalue weighted by atomic mass is 9.79. The van der Waals surface area contributed by atoms with E-state index < -0.39 is 25.6 Å². The third-order valence-corrected chi connectivity index (χ3v) is 11.2. The Labute approximate surface area is 204 Å². The fraction of sp³-hybridized carbons (Fsp3) is 0.321. The minimum atomic E-state index is -2.45. The van der Waals surface area contributed by atoms with Gasteiger partial charge >= 0.3 is 13.1 Å². The van der Waals surface area contributed by atoms with Gasteiger partial charge in [0.15, 0.2) is 6.16 Å². The summed E-state index contributed by atoms with van der Waals surface area (Å²) in [4.78, 5) is 13.2. The molecule has 0 aromatic heterocycles. The molecule has 0 bridgehead atoms. The molecule has 3 aromatic rings. The van der Waals surface area contributed by atoms with Gasteiger partial charge in [-0.3, -0.25) is 0 Å². The van der Waals surface area contributed by atoms with E-state index in [2.05, 4.69) is 64.1 Å². The molecule has 176 valence electrons. The Morgan fingerprint density at radius 3 is 1.76 bits per heavy atom. The van der Waals surface area contributed by atoms with Gasteiger partial charge in [-0.15, -0.1) is 0 Å². The zero-order valence-electron chi connectivity index (χ0n) is 20.7. The van der Waals surface area contributed by atoms with Crippen molar-refractivity contribution in [3.8, 4) is 0 Å². The van der Waals surface area contributed by atoms with E-state index in [1.54, 1.807) is 0 Å². The fourth-order valence-corrected chi connectivity index (χ4v) is 8.66. The average molecular weight is 475 g/mol. The maximum Gasteiger partial charge on any atom is 0.498 e. The predicted molar refractivity (Wildman–Crippen MR) is 142 cm³/mol. The van der Waals surface area contributed by atoms with E-state index in [-0.39, 0.29) is 12.1 Å². The Balaban J connectivity index is 1.98. The second-order valence-electron chi connectivity index (χ2n) is 9.59. The summed E-state index contributed by atoms with van der Waals surface area (Å²) in [5.74, 6) is -0.202. The van der Waals surface area contributed by atoms with Crippen molar-refractivity contribution in [3.05, 3.63) is 84.9 Å². The van der Waals surface area contributed by atoms with Gasteiger partial charge in [0.1, 0.15) is 23.2 Å². The van der Waals surface area contributed by atoms with Crippen molar-refractivity contribution in [2.45, 2.75) is 45.8 Å². The van der Waals surface area contributed by atoms with Gasteiger partial charge in [-0.1, -0.05) is 54.6 Å². The Kier molecular flexibility index (Phi) is 7.00. The van der Waals surface area contributed by atoms with E-state index in [1.807, 2.05) is 55.5 Å². The van der Waals surface area contributed by atoms with Crippen molar-refractivity contribution in [3.63, 3.8) is 0 Å². The quantitative estimate of drug-likeness (QED) is 0.296. The van der Waals surface area contributed by atoms with Crippen LogP contribution in [0.2, 0.25) is 0 Å². The number of carbonyl (C=O) groups excluding carboxylic acids is 1. The van der Waals surface area contributed by atoms with Crippen molar-refractivity contribution in [2.75, 3.05) is 12.8 Å². The topological polar surface area (TPSA) is 44.8 Å². The number of hydrogen-bond acceptors (Lipinski definition) is 4. The van der Waals surface area contributed by atoms with Crippen molar-refractivity contribution in [1.29, 1.82) is 0 Å². The molecule has 1 fully saturated rings. The molecule has 0 amide bonds. The molecule has 0 saturated carbocycles. The molecule has 3 aromatic carbocycles. The third-order valence-electron chi connectivity index (χ3n) is 6.92. The molecule has 6 heteroatoms. The first-order valence-electron chi connectivity index (χ1n) is 11.8. The molecular formula is C28H33BO4P+. The summed E-state index contributed by atoms with van der Waals surface area (Å²) in [5.41, 5.74) is 0.0328. The molecule has 4 nitrogen and oxygen atoms in total. The van der Waals surface area contributed by atoms with Gasteiger partial charge < -0.3 is 14.0 Å². The first-order valence-corrected chi connectivity index (χ1v) is 13.8. The first-order chi connectivity index (χ1) is 16.2. The van der Waals surface area contributed by atoms with Crippen LogP contribution in [0.5, 0.6) is 0 Å². The van der Waals surface area contributed by atoms with Gasteiger partial charge in [0, 0.05) is 5.46 Å². The highest BCUT2D eigenvalue weighted by molar-refractivity contribution is 7.96. The standard InChI is InChI=1S/C28H33BO4P/c1-6-31-26(30)21-34(22-15-9-7-10-16-22,23-17-11-8-12-18-23)25-20-14-13-19-24(25)29-32-27(2,3)28(4,5)33-29/h7-20H,6,21H2,1-5H3/q+1. The highest BCUT2D eigenvalue weighted by Crippen LogP contribution is 2.55. The maximum absolute atomic E-state index is 13.2. The van der Waals surface area contributed by atoms with Crippen LogP contribution in [-0.4, -0.2) is 37.1 Å². The Hall–Kier alpha value is -2.46. The fourth-order valence-electron chi connectivity index (χ4n) is 4.46. The molecule has 1 heterocycles. The van der Waals surface area contributed by atoms with Gasteiger partial charge in [0.2, 0.25) is 0 Å². The summed E-state index contributed by atoms with van der Waals surface area (Å²) in [5, 5.41) is 3.33. The summed E-state index contributed by atoms with van der Waals surface area (Å²) in [6.07, 6.45) is 0.269. The lowest BCUT2D eigenvalue weighted by Crippen LogP contribution is -2.49. The van der Waals surface area contributed by atoms with Crippen molar-refractivity contribution in [2.24, 2.45) is 0 Å². The second-order valence-corrected chi connectivity index (χ2v) is 13.0. The molecule has 0 aliphatic carbocycles. The van der Waals surface area contributed by atoms with E-state index in [9.17, 15) is 4.79 Å². The summed E-state index contributed by atoms with van der Waals surface area (Å²) in [6, 6.07) is 28.9. The Morgan fingerprint density at radius 1 is 0.794 bits per heavy atom. The average Bonchev–Trinajstić information content (AvgIpc) is 3.05. The maximum atomic E-state index is 13.2. The second kappa shape index (κ2) is 9.66. The predicted octanol–water partition coefficient (Wildman–Crippen LogP) is 3.84. The monoisotopic (exact) mass is 475 g/mol. The van der Waals surface area contributed by atoms with Crippen LogP contribution in [-0.2, 0) is 18.8 Å². The molecule has 1 aliphatic rings. The summed E-state index contributed by atoms with van der Waals surface area (Å²) in [6.45, 7) is 10.4. The minimum Gasteiger partial charge on any atom is -0.463 e. The summed E-state index contributed by atoms with van der Waals surface area (Å²) < 4.78 is 18.5. The van der Waals surface area contributed by atoms with E-state index in [4.69, 9.17) is 14.0 Å². The van der Waals surface area contributed by atoms with Crippen molar-refractivity contribution >= 4 is 41.7 Å². The Bertz CT molecular complexity index is 1080. The zero-order chi connectivity index (χ0) is 24.4. The molecule has 0 unspecified atom stereocenters. The van der Waals surface area contributed by atoms with Gasteiger partial charge in [-0.05, 0) is 65.0 Å². The van der Waals surface area contributed by atoms with Gasteiger partial charge in [0.25, 0.3) is 0 Å². The summed E-state index contributed by atoms with van der Waals surface area (Å²) >= 11 is 0. The normalized spacial score (nSPS) is 16.9. The lowest BCUT2D eigenvalue weighted by molar-refractivity contribution is -0.139. The molecule has 0 atom stereocenters. The third kappa shape index (κ3) is 4.45. The molecule has 0 radical (unpaired) electrons. The van der Waals surface area contributed by atoms with E-state index >= 15 is 0 Å². The van der Waals surface area contributed by atoms with E-state index in [0.717, 1.165) is 21.4 Å². The minimum absolute atomic E-state index is 0.202. The Morgan fingerprint density at radius 2 is 1.26 bits per heavy atom. The van der Waals surface area contributed by atoms with Crippen molar-refractivity contribution in [1.82, 2.24) is 0 Å². The first kappa shape index (κ1) is 24.7. The molecule has 0 N–H and O–H groups in total. The highest BCUT2D eigenvalue weighted by Gasteiger charge is 2.56. The SMILES string of the molecule is CCOC(=O)C[P+](c1ccccc1)(c1ccccc1)c1ccccc1B1OC(C)(C)C(C)(C)O1. The van der Waals surface area contributed by atoms with Crippen LogP contribution in [0.1, 0.15) is 34.6 Å². The molecule has 1 aliphatic heterocycles. The number of ether oxygens (including phenoxy) is 1. The van der Waals surface area contributed by atoms with Gasteiger partial charge in [0.05, 0.1) is 17.8 Å². The van der Waals surface area contributed by atoms with Crippen LogP contribution in [0.25, 0.3) is 0 Å². The van der Waals surface area contributed by atoms with Crippen LogP contribution in [0.3, 0.4) is 0 Å². The summed E-state index contributed by atoms with van der Waals surface area (Å²) in [7, 11) is -2.98. The van der Waals surface area contributed by atoms with Crippen LogP contribution in [0.4, 0.5) is 0 Å². The van der Waals surface area contributed by atoms with E-state index in [0.29, 0.717) is 6.61 Å². The lowest BCUT2D eigenvalue weighted by Gasteiger charge is -2.32. The number of carbonyl (C=O) groups is 1. The smallest absolute Gasteiger partial charge is 0.463 e. The number of rotatable bonds is 7. The molecule has 34 heavy (non-hydrogen) atoms. The van der Waals surface area contributed by atoms with Crippen LogP contribution in [0, 0.1) is 0 Å². The zero-order valence-corrected chi connectivity index (χ0v) is 21.5. The molecule has 4 rings (SSSR count). The number of benzene rings is 3. The van der Waals surface area contributed by atoms with Crippen LogP contribution in [0.15, 0.2) is 84.9 Å². The van der Waals surface area contributed by atoms with Crippen LogP contribution >= 0.6 is 7.26 Å². The number of esters is 1. The molecule has 1 saturated heterocycles. The van der Waals surface area contributed by atoms with Crippen LogP contribution < -0.4 is 21.4 Å². The molecule has 0 spiro atoms. The highest BCUT2D eigenvalue weighted by atomic mass is 31.2. The van der Waals surface area contributed by atoms with Gasteiger partial charge in [-0.2, -0.15) is 0 Å². The van der Waals surface area contributed by atoms with Gasteiger partial charge in [-0.25, -0.2) is 4.79 Å². The van der Waals surface area contributed by atoms with E-state index in [1.165, 1.54) is 0 Å². The molecular weight excluding hydrogens is 442 g/mol. The largest absolute Gasteiger partial charge is 0.498 e. The van der Waals surface area contributed by atoms with Crippen molar-refractivity contribution < 1.29 is 18.8 Å².